The molecule has 5 aromatic carbocycles. The predicted molar refractivity (Wildman–Crippen MR) is 160 cm³/mol. The first kappa shape index (κ1) is 19.9. The van der Waals surface area contributed by atoms with Crippen LogP contribution in [0.5, 0.6) is 0 Å². The third-order valence-corrected chi connectivity index (χ3v) is 9.36. The highest BCUT2D eigenvalue weighted by molar-refractivity contribution is 7.26. The number of nitrogens with zero attached hydrogens (tertiary/aromatic N) is 2. The number of para-hydroxylation sites is 3. The average Bonchev–Trinajstić information content (AvgIpc) is 3.47. The van der Waals surface area contributed by atoms with Crippen molar-refractivity contribution < 1.29 is 0 Å². The van der Waals surface area contributed by atoms with Crippen LogP contribution < -0.4 is 15.8 Å². The zero-order chi connectivity index (χ0) is 24.2. The van der Waals surface area contributed by atoms with Crippen molar-refractivity contribution in [2.24, 2.45) is 0 Å². The smallest absolute Gasteiger partial charge is 0.333 e. The molecular formula is C33H21BN2S. The van der Waals surface area contributed by atoms with Gasteiger partial charge in [0.15, 0.2) is 0 Å². The van der Waals surface area contributed by atoms with Crippen molar-refractivity contribution in [3.8, 4) is 11.1 Å². The molecule has 2 aromatic heterocycles. The minimum Gasteiger partial charge on any atom is -0.367 e. The van der Waals surface area contributed by atoms with E-state index < -0.39 is 0 Å². The van der Waals surface area contributed by atoms with Crippen LogP contribution in [0.2, 0.25) is 0 Å². The van der Waals surface area contributed by atoms with E-state index in [1.165, 1.54) is 75.9 Å². The molecule has 0 N–H and O–H groups in total. The van der Waals surface area contributed by atoms with Crippen LogP contribution in [-0.4, -0.2) is 11.3 Å². The molecule has 0 bridgehead atoms. The summed E-state index contributed by atoms with van der Waals surface area (Å²) in [5.41, 5.74) is 11.9. The standard InChI is InChI=1S/C33H21BN2S/c1-20-18-25-22-13-9-14-24-30-23-12-5-8-17-29(23)37-33(30)36(32(22)24)34-26-15-6-7-16-27(26)35(28(19-20)31(25)34)21-10-3-2-4-11-21/h2-19H,1H3. The van der Waals surface area contributed by atoms with Gasteiger partial charge in [-0.15, -0.1) is 11.3 Å². The predicted octanol–water partition coefficient (Wildman–Crippen LogP) is 7.74. The summed E-state index contributed by atoms with van der Waals surface area (Å²) in [6, 6.07) is 40.4. The fourth-order valence-corrected chi connectivity index (χ4v) is 8.09. The van der Waals surface area contributed by atoms with Gasteiger partial charge in [0.25, 0.3) is 0 Å². The lowest BCUT2D eigenvalue weighted by molar-refractivity contribution is 1.25. The normalized spacial score (nSPS) is 13.4. The molecule has 2 aliphatic rings. The Labute approximate surface area is 219 Å². The molecule has 172 valence electrons. The van der Waals surface area contributed by atoms with Gasteiger partial charge >= 0.3 is 6.85 Å². The average molecular weight is 488 g/mol. The summed E-state index contributed by atoms with van der Waals surface area (Å²) < 4.78 is 4.01. The van der Waals surface area contributed by atoms with Crippen LogP contribution in [-0.2, 0) is 0 Å². The van der Waals surface area contributed by atoms with E-state index in [0.717, 1.165) is 0 Å². The zero-order valence-electron chi connectivity index (χ0n) is 20.3. The Morgan fingerprint density at radius 2 is 1.46 bits per heavy atom. The molecule has 0 atom stereocenters. The molecule has 9 rings (SSSR count). The Balaban J connectivity index is 1.50. The molecule has 0 radical (unpaired) electrons. The minimum atomic E-state index is 0.129. The van der Waals surface area contributed by atoms with Crippen LogP contribution >= 0.6 is 11.3 Å². The number of fused-ring (bicyclic) bond motifs is 9. The van der Waals surface area contributed by atoms with Crippen LogP contribution in [0.4, 0.5) is 17.1 Å². The largest absolute Gasteiger partial charge is 0.367 e. The molecule has 0 fully saturated rings. The summed E-state index contributed by atoms with van der Waals surface area (Å²) >= 11 is 1.93. The van der Waals surface area contributed by atoms with E-state index in [1.807, 2.05) is 11.3 Å². The van der Waals surface area contributed by atoms with Crippen LogP contribution in [0.3, 0.4) is 0 Å². The van der Waals surface area contributed by atoms with Gasteiger partial charge in [-0.25, -0.2) is 0 Å². The molecule has 2 aliphatic heterocycles. The zero-order valence-corrected chi connectivity index (χ0v) is 21.1. The van der Waals surface area contributed by atoms with E-state index in [2.05, 4.69) is 125 Å². The third kappa shape index (κ3) is 2.42. The van der Waals surface area contributed by atoms with E-state index in [-0.39, 0.29) is 6.85 Å². The number of thiophene rings is 1. The van der Waals surface area contributed by atoms with E-state index in [9.17, 15) is 0 Å². The second kappa shape index (κ2) is 6.93. The summed E-state index contributed by atoms with van der Waals surface area (Å²) in [5, 5.41) is 4.12. The number of hydrogen-bond donors (Lipinski definition) is 0. The topological polar surface area (TPSA) is 8.17 Å². The van der Waals surface area contributed by atoms with Crippen molar-refractivity contribution >= 4 is 77.4 Å². The molecule has 4 heteroatoms. The van der Waals surface area contributed by atoms with E-state index in [0.29, 0.717) is 0 Å². The fourth-order valence-electron chi connectivity index (χ4n) is 6.84. The highest BCUT2D eigenvalue weighted by Crippen LogP contribution is 2.48. The number of benzene rings is 5. The number of anilines is 3. The van der Waals surface area contributed by atoms with Gasteiger partial charge in [-0.1, -0.05) is 78.9 Å². The molecule has 0 saturated heterocycles. The number of aryl methyl sites for hydroxylation is 1. The second-order valence-corrected chi connectivity index (χ2v) is 11.3. The molecule has 7 aromatic rings. The Morgan fingerprint density at radius 1 is 0.676 bits per heavy atom. The van der Waals surface area contributed by atoms with Crippen molar-refractivity contribution in [2.45, 2.75) is 6.92 Å². The second-order valence-electron chi connectivity index (χ2n) is 10.2. The molecule has 2 nitrogen and oxygen atoms in total. The Hall–Kier alpha value is -4.28. The molecule has 37 heavy (non-hydrogen) atoms. The summed E-state index contributed by atoms with van der Waals surface area (Å²) in [4.78, 5) is 3.84. The quantitative estimate of drug-likeness (QED) is 0.215. The molecular weight excluding hydrogens is 467 g/mol. The van der Waals surface area contributed by atoms with Crippen molar-refractivity contribution in [3.05, 3.63) is 115 Å². The molecule has 0 saturated carbocycles. The van der Waals surface area contributed by atoms with Gasteiger partial charge in [0, 0.05) is 49.0 Å². The lowest BCUT2D eigenvalue weighted by atomic mass is 9.45. The number of rotatable bonds is 1. The summed E-state index contributed by atoms with van der Waals surface area (Å²) in [6.07, 6.45) is 0. The van der Waals surface area contributed by atoms with E-state index >= 15 is 0 Å². The maximum absolute atomic E-state index is 2.66. The summed E-state index contributed by atoms with van der Waals surface area (Å²) in [7, 11) is 0. The van der Waals surface area contributed by atoms with Gasteiger partial charge < -0.3 is 9.38 Å². The van der Waals surface area contributed by atoms with Gasteiger partial charge in [-0.3, -0.25) is 0 Å². The van der Waals surface area contributed by atoms with Crippen molar-refractivity contribution in [2.75, 3.05) is 4.90 Å². The maximum Gasteiger partial charge on any atom is 0.333 e. The van der Waals surface area contributed by atoms with Crippen LogP contribution in [0.1, 0.15) is 5.56 Å². The third-order valence-electron chi connectivity index (χ3n) is 8.19. The first-order chi connectivity index (χ1) is 18.3. The first-order valence-electron chi connectivity index (χ1n) is 12.8. The molecule has 0 unspecified atom stereocenters. The lowest BCUT2D eigenvalue weighted by Gasteiger charge is -2.40. The van der Waals surface area contributed by atoms with Crippen LogP contribution in [0, 0.1) is 6.92 Å². The maximum atomic E-state index is 2.66. The van der Waals surface area contributed by atoms with Gasteiger partial charge in [0.1, 0.15) is 0 Å². The number of hydrogen-bond acceptors (Lipinski definition) is 2. The van der Waals surface area contributed by atoms with Gasteiger partial charge in [-0.2, -0.15) is 0 Å². The van der Waals surface area contributed by atoms with E-state index in [1.54, 1.807) is 0 Å². The van der Waals surface area contributed by atoms with Crippen molar-refractivity contribution in [3.63, 3.8) is 0 Å². The molecule has 0 spiro atoms. The van der Waals surface area contributed by atoms with E-state index in [4.69, 9.17) is 0 Å². The fraction of sp³-hybridized carbons (Fsp3) is 0.0303. The molecule has 4 heterocycles. The first-order valence-corrected chi connectivity index (χ1v) is 13.6. The van der Waals surface area contributed by atoms with Gasteiger partial charge in [0.2, 0.25) is 0 Å². The van der Waals surface area contributed by atoms with Crippen molar-refractivity contribution in [1.82, 2.24) is 4.48 Å². The minimum absolute atomic E-state index is 0.129. The lowest BCUT2D eigenvalue weighted by Crippen LogP contribution is -2.56. The summed E-state index contributed by atoms with van der Waals surface area (Å²) in [6.45, 7) is 2.36. The molecule has 0 amide bonds. The molecule has 0 aliphatic carbocycles. The van der Waals surface area contributed by atoms with Crippen LogP contribution in [0.25, 0.3) is 42.3 Å². The van der Waals surface area contributed by atoms with Crippen molar-refractivity contribution in [1.29, 1.82) is 0 Å². The Morgan fingerprint density at radius 3 is 2.38 bits per heavy atom. The Bertz CT molecular complexity index is 2070. The van der Waals surface area contributed by atoms with Gasteiger partial charge in [0.05, 0.1) is 4.83 Å². The Kier molecular flexibility index (Phi) is 3.72. The number of aromatic nitrogens is 1. The highest BCUT2D eigenvalue weighted by atomic mass is 32.1. The monoisotopic (exact) mass is 488 g/mol. The highest BCUT2D eigenvalue weighted by Gasteiger charge is 2.42. The summed E-state index contributed by atoms with van der Waals surface area (Å²) in [5.74, 6) is 0. The van der Waals surface area contributed by atoms with Gasteiger partial charge in [-0.05, 0) is 59.3 Å². The van der Waals surface area contributed by atoms with Crippen LogP contribution in [0.15, 0.2) is 109 Å². The SMILES string of the molecule is Cc1cc2c3c(c1)N(c1ccccc1)c1ccccc1B3n1c3sc4ccccc4c3c3cccc-2c31.